The molecule has 0 aliphatic carbocycles. The zero-order valence-corrected chi connectivity index (χ0v) is 13.3. The summed E-state index contributed by atoms with van der Waals surface area (Å²) >= 11 is 0. The maximum atomic E-state index is 13.4. The first-order valence-electron chi connectivity index (χ1n) is 7.49. The van der Waals surface area contributed by atoms with Crippen LogP contribution >= 0.6 is 0 Å². The van der Waals surface area contributed by atoms with E-state index in [2.05, 4.69) is 5.43 Å². The van der Waals surface area contributed by atoms with Crippen LogP contribution in [0.3, 0.4) is 0 Å². The van der Waals surface area contributed by atoms with Gasteiger partial charge in [-0.05, 0) is 6.07 Å². The molecule has 25 heavy (non-hydrogen) atoms. The van der Waals surface area contributed by atoms with Crippen LogP contribution < -0.4 is 5.43 Å². The molecule has 2 amide bonds. The molecular weight excluding hydrogens is 338 g/mol. The molecule has 134 valence electrons. The molecule has 0 radical (unpaired) electrons. The Labute approximate surface area is 140 Å². The van der Waals surface area contributed by atoms with Crippen LogP contribution in [0.5, 0.6) is 5.75 Å². The summed E-state index contributed by atoms with van der Waals surface area (Å²) in [6.07, 6.45) is -1.19. The van der Waals surface area contributed by atoms with Crippen molar-refractivity contribution in [3.63, 3.8) is 0 Å². The number of nitrogens with one attached hydrogen (secondary N) is 1. The molecule has 0 bridgehead atoms. The Hall–Kier alpha value is -2.88. The fraction of sp³-hybridized carbons (Fsp3) is 0.333. The lowest BCUT2D eigenvalue weighted by Crippen LogP contribution is -2.54. The van der Waals surface area contributed by atoms with Gasteiger partial charge in [-0.25, -0.2) is 18.6 Å². The van der Waals surface area contributed by atoms with Gasteiger partial charge in [0.1, 0.15) is 5.69 Å². The van der Waals surface area contributed by atoms with Gasteiger partial charge in [-0.3, -0.25) is 10.2 Å². The first-order chi connectivity index (χ1) is 11.8. The normalized spacial score (nSPS) is 15.6. The Balaban J connectivity index is 1.87. The largest absolute Gasteiger partial charge is 0.505 e. The maximum Gasteiger partial charge on any atom is 0.419 e. The molecular formula is C15H16F2N4O4. The van der Waals surface area contributed by atoms with Gasteiger partial charge in [0.05, 0.1) is 5.52 Å². The number of hydrogen-bond donors (Lipinski definition) is 3. The van der Waals surface area contributed by atoms with Crippen molar-refractivity contribution in [2.75, 3.05) is 26.2 Å². The van der Waals surface area contributed by atoms with Crippen LogP contribution in [0, 0.1) is 11.6 Å². The lowest BCUT2D eigenvalue weighted by Gasteiger charge is -2.34. The molecule has 1 aromatic heterocycles. The second-order valence-corrected chi connectivity index (χ2v) is 5.74. The SMILES string of the molecule is Cn1c(C(=O)N2CCN(NC(=O)O)CC2)c(O)c2cc(F)c(F)cc21. The van der Waals surface area contributed by atoms with Crippen LogP contribution in [-0.2, 0) is 7.05 Å². The van der Waals surface area contributed by atoms with E-state index in [1.165, 1.54) is 21.5 Å². The Morgan fingerprint density at radius 2 is 1.72 bits per heavy atom. The summed E-state index contributed by atoms with van der Waals surface area (Å²) in [7, 11) is 1.48. The number of piperazine rings is 1. The van der Waals surface area contributed by atoms with Crippen LogP contribution in [0.15, 0.2) is 12.1 Å². The second-order valence-electron chi connectivity index (χ2n) is 5.74. The van der Waals surface area contributed by atoms with Crippen molar-refractivity contribution < 1.29 is 28.6 Å². The van der Waals surface area contributed by atoms with Crippen molar-refractivity contribution in [3.8, 4) is 5.75 Å². The Bertz CT molecular complexity index is 814. The first-order valence-corrected chi connectivity index (χ1v) is 7.49. The number of rotatable bonds is 2. The molecule has 1 fully saturated rings. The Morgan fingerprint density at radius 1 is 1.12 bits per heavy atom. The van der Waals surface area contributed by atoms with Gasteiger partial charge in [0, 0.05) is 44.7 Å². The highest BCUT2D eigenvalue weighted by Crippen LogP contribution is 2.33. The molecule has 1 aliphatic rings. The monoisotopic (exact) mass is 354 g/mol. The smallest absolute Gasteiger partial charge is 0.419 e. The number of hydrogen-bond acceptors (Lipinski definition) is 4. The van der Waals surface area contributed by atoms with Crippen LogP contribution in [0.1, 0.15) is 10.5 Å². The third-order valence-electron chi connectivity index (χ3n) is 4.24. The molecule has 10 heteroatoms. The molecule has 3 N–H and O–H groups in total. The molecule has 0 saturated carbocycles. The Morgan fingerprint density at radius 3 is 2.32 bits per heavy atom. The van der Waals surface area contributed by atoms with Gasteiger partial charge in [0.15, 0.2) is 17.4 Å². The van der Waals surface area contributed by atoms with E-state index in [0.717, 1.165) is 12.1 Å². The highest BCUT2D eigenvalue weighted by Gasteiger charge is 2.29. The van der Waals surface area contributed by atoms with Crippen LogP contribution in [0.2, 0.25) is 0 Å². The third-order valence-corrected chi connectivity index (χ3v) is 4.24. The summed E-state index contributed by atoms with van der Waals surface area (Å²) in [6, 6.07) is 1.78. The average molecular weight is 354 g/mol. The molecule has 1 aliphatic heterocycles. The molecule has 0 atom stereocenters. The molecule has 0 unspecified atom stereocenters. The molecule has 0 spiro atoms. The van der Waals surface area contributed by atoms with Gasteiger partial charge in [-0.1, -0.05) is 0 Å². The van der Waals surface area contributed by atoms with Crippen molar-refractivity contribution in [1.29, 1.82) is 0 Å². The standard InChI is InChI=1S/C15H16F2N4O4/c1-19-11-7-10(17)9(16)6-8(11)13(22)12(19)14(23)20-2-4-21(5-3-20)18-15(24)25/h6-7,18,22H,2-5H2,1H3,(H,24,25). The van der Waals surface area contributed by atoms with E-state index in [0.29, 0.717) is 0 Å². The van der Waals surface area contributed by atoms with Crippen molar-refractivity contribution in [3.05, 3.63) is 29.5 Å². The summed E-state index contributed by atoms with van der Waals surface area (Å²) in [6.45, 7) is 1.05. The van der Waals surface area contributed by atoms with E-state index in [9.17, 15) is 23.5 Å². The summed E-state index contributed by atoms with van der Waals surface area (Å²) in [5.74, 6) is -3.08. The first kappa shape index (κ1) is 17.0. The number of carboxylic acid groups (broad SMARTS) is 1. The number of aromatic nitrogens is 1. The van der Waals surface area contributed by atoms with Gasteiger partial charge in [0.2, 0.25) is 0 Å². The van der Waals surface area contributed by atoms with Gasteiger partial charge < -0.3 is 19.7 Å². The third kappa shape index (κ3) is 2.95. The number of hydrazine groups is 1. The highest BCUT2D eigenvalue weighted by atomic mass is 19.2. The second kappa shape index (κ2) is 6.20. The van der Waals surface area contributed by atoms with Crippen LogP contribution in [0.25, 0.3) is 10.9 Å². The highest BCUT2D eigenvalue weighted by molar-refractivity contribution is 6.04. The minimum Gasteiger partial charge on any atom is -0.505 e. The molecule has 2 heterocycles. The van der Waals surface area contributed by atoms with Crippen molar-refractivity contribution in [2.24, 2.45) is 7.05 Å². The molecule has 8 nitrogen and oxygen atoms in total. The summed E-state index contributed by atoms with van der Waals surface area (Å²) in [4.78, 5) is 24.8. The number of aromatic hydroxyl groups is 1. The number of fused-ring (bicyclic) bond motifs is 1. The number of carbonyl (C=O) groups excluding carboxylic acids is 1. The molecule has 2 aromatic rings. The molecule has 1 saturated heterocycles. The number of benzene rings is 1. The van der Waals surface area contributed by atoms with Gasteiger partial charge in [-0.2, -0.15) is 0 Å². The van der Waals surface area contributed by atoms with E-state index in [1.807, 2.05) is 0 Å². The fourth-order valence-corrected chi connectivity index (χ4v) is 2.96. The van der Waals surface area contributed by atoms with Gasteiger partial charge in [0.25, 0.3) is 5.91 Å². The van der Waals surface area contributed by atoms with Crippen molar-refractivity contribution >= 4 is 22.9 Å². The lowest BCUT2D eigenvalue weighted by atomic mass is 10.2. The summed E-state index contributed by atoms with van der Waals surface area (Å²) in [5.41, 5.74) is 2.34. The topological polar surface area (TPSA) is 98.0 Å². The van der Waals surface area contributed by atoms with E-state index in [1.54, 1.807) is 0 Å². The summed E-state index contributed by atoms with van der Waals surface area (Å²) < 4.78 is 28.2. The number of halogens is 2. The molecule has 3 rings (SSSR count). The average Bonchev–Trinajstić information content (AvgIpc) is 2.79. The zero-order chi connectivity index (χ0) is 18.3. The lowest BCUT2D eigenvalue weighted by molar-refractivity contribution is 0.0542. The van der Waals surface area contributed by atoms with Gasteiger partial charge >= 0.3 is 6.09 Å². The van der Waals surface area contributed by atoms with Crippen molar-refractivity contribution in [2.45, 2.75) is 0 Å². The van der Waals surface area contributed by atoms with E-state index < -0.39 is 29.4 Å². The fourth-order valence-electron chi connectivity index (χ4n) is 2.96. The van der Waals surface area contributed by atoms with E-state index in [-0.39, 0.29) is 42.8 Å². The van der Waals surface area contributed by atoms with Crippen LogP contribution in [0.4, 0.5) is 13.6 Å². The number of carbonyl (C=O) groups is 2. The number of nitrogens with zero attached hydrogens (tertiary/aromatic N) is 3. The minimum absolute atomic E-state index is 0.0518. The maximum absolute atomic E-state index is 13.4. The summed E-state index contributed by atoms with van der Waals surface area (Å²) in [5, 5.41) is 20.5. The predicted octanol–water partition coefficient (Wildman–Crippen LogP) is 1.10. The number of aryl methyl sites for hydroxylation is 1. The number of amides is 2. The predicted molar refractivity (Wildman–Crippen MR) is 83.1 cm³/mol. The van der Waals surface area contributed by atoms with Gasteiger partial charge in [-0.15, -0.1) is 0 Å². The Kier molecular flexibility index (Phi) is 4.21. The van der Waals surface area contributed by atoms with Crippen molar-refractivity contribution in [1.82, 2.24) is 19.9 Å². The quantitative estimate of drug-likeness (QED) is 0.750. The molecule has 1 aromatic carbocycles. The van der Waals surface area contributed by atoms with E-state index in [4.69, 9.17) is 5.11 Å². The van der Waals surface area contributed by atoms with E-state index >= 15 is 0 Å². The van der Waals surface area contributed by atoms with Crippen LogP contribution in [-0.4, -0.2) is 62.9 Å². The zero-order valence-electron chi connectivity index (χ0n) is 13.3. The minimum atomic E-state index is -1.19.